The minimum Gasteiger partial charge on any atom is -0.416 e. The van der Waals surface area contributed by atoms with E-state index in [0.717, 1.165) is 17.1 Å². The molecule has 1 N–H and O–H groups in total. The second-order valence-corrected chi connectivity index (χ2v) is 7.07. The Morgan fingerprint density at radius 1 is 1.11 bits per heavy atom. The van der Waals surface area contributed by atoms with Crippen molar-refractivity contribution in [1.82, 2.24) is 20.4 Å². The van der Waals surface area contributed by atoms with Gasteiger partial charge in [0.1, 0.15) is 0 Å². The fourth-order valence-corrected chi connectivity index (χ4v) is 3.74. The van der Waals surface area contributed by atoms with Gasteiger partial charge in [0.15, 0.2) is 0 Å². The van der Waals surface area contributed by atoms with E-state index in [0.29, 0.717) is 22.4 Å². The van der Waals surface area contributed by atoms with Crippen molar-refractivity contribution in [3.8, 4) is 0 Å². The van der Waals surface area contributed by atoms with Crippen LogP contribution in [0.1, 0.15) is 26.6 Å². The number of imide groups is 1. The first kappa shape index (κ1) is 18.2. The first-order chi connectivity index (χ1) is 13.6. The van der Waals surface area contributed by atoms with Crippen molar-refractivity contribution in [2.45, 2.75) is 11.6 Å². The third-order valence-corrected chi connectivity index (χ3v) is 5.28. The maximum atomic E-state index is 12.8. The molecule has 4 rings (SSSR count). The number of thioether (sulfide) groups is 1. The lowest BCUT2D eigenvalue weighted by molar-refractivity contribution is -0.118. The molecule has 3 amide bonds. The van der Waals surface area contributed by atoms with Gasteiger partial charge in [0.2, 0.25) is 11.8 Å². The fourth-order valence-electron chi connectivity index (χ4n) is 3.09. The van der Waals surface area contributed by atoms with Gasteiger partial charge < -0.3 is 9.73 Å². The number of nitrogens with one attached hydrogen (secondary N) is 1. The van der Waals surface area contributed by atoms with Gasteiger partial charge in [-0.1, -0.05) is 36.0 Å². The van der Waals surface area contributed by atoms with E-state index in [1.54, 1.807) is 31.3 Å². The summed E-state index contributed by atoms with van der Waals surface area (Å²) >= 11 is 1.12. The van der Waals surface area contributed by atoms with Gasteiger partial charge in [-0.3, -0.25) is 19.3 Å². The normalized spacial score (nSPS) is 13.2. The van der Waals surface area contributed by atoms with E-state index in [2.05, 4.69) is 15.5 Å². The maximum absolute atomic E-state index is 12.8. The SMILES string of the molecule is CNC(=O)CSc1nnc(CCN2C(=O)c3cccc4cccc(c34)C2=O)o1. The first-order valence-electron chi connectivity index (χ1n) is 8.62. The molecule has 0 atom stereocenters. The lowest BCUT2D eigenvalue weighted by Gasteiger charge is -2.26. The zero-order valence-electron chi connectivity index (χ0n) is 15.0. The second kappa shape index (κ2) is 7.43. The smallest absolute Gasteiger partial charge is 0.277 e. The van der Waals surface area contributed by atoms with Crippen LogP contribution in [0.25, 0.3) is 10.8 Å². The molecule has 0 saturated heterocycles. The third kappa shape index (κ3) is 3.24. The molecular formula is C19H16N4O4S. The fraction of sp³-hybridized carbons (Fsp3) is 0.211. The minimum atomic E-state index is -0.331. The summed E-state index contributed by atoms with van der Waals surface area (Å²) in [6, 6.07) is 10.8. The van der Waals surface area contributed by atoms with Gasteiger partial charge in [0.05, 0.1) is 5.75 Å². The summed E-state index contributed by atoms with van der Waals surface area (Å²) in [5, 5.41) is 12.1. The number of aromatic nitrogens is 2. The highest BCUT2D eigenvalue weighted by molar-refractivity contribution is 7.99. The highest BCUT2D eigenvalue weighted by atomic mass is 32.2. The molecule has 0 spiro atoms. The molecule has 0 bridgehead atoms. The third-order valence-electron chi connectivity index (χ3n) is 4.46. The Hall–Kier alpha value is -3.20. The zero-order chi connectivity index (χ0) is 19.7. The summed E-state index contributed by atoms with van der Waals surface area (Å²) in [5.74, 6) is -0.340. The summed E-state index contributed by atoms with van der Waals surface area (Å²) in [6.07, 6.45) is 0.239. The molecule has 0 unspecified atom stereocenters. The number of carbonyl (C=O) groups is 3. The first-order valence-corrected chi connectivity index (χ1v) is 9.60. The Morgan fingerprint density at radius 3 is 2.43 bits per heavy atom. The van der Waals surface area contributed by atoms with E-state index in [1.807, 2.05) is 12.1 Å². The van der Waals surface area contributed by atoms with Gasteiger partial charge in [-0.05, 0) is 17.5 Å². The van der Waals surface area contributed by atoms with Crippen LogP contribution < -0.4 is 5.32 Å². The van der Waals surface area contributed by atoms with Crippen molar-refractivity contribution in [3.63, 3.8) is 0 Å². The quantitative estimate of drug-likeness (QED) is 0.501. The van der Waals surface area contributed by atoms with Crippen LogP contribution in [0.5, 0.6) is 0 Å². The van der Waals surface area contributed by atoms with E-state index >= 15 is 0 Å². The number of hydrogen-bond acceptors (Lipinski definition) is 7. The molecule has 0 radical (unpaired) electrons. The molecular weight excluding hydrogens is 380 g/mol. The highest BCUT2D eigenvalue weighted by Gasteiger charge is 2.32. The molecule has 9 heteroatoms. The zero-order valence-corrected chi connectivity index (χ0v) is 15.8. The van der Waals surface area contributed by atoms with Crippen LogP contribution in [0.3, 0.4) is 0 Å². The Labute approximate surface area is 164 Å². The average Bonchev–Trinajstić information content (AvgIpc) is 3.17. The van der Waals surface area contributed by atoms with Gasteiger partial charge in [-0.2, -0.15) is 0 Å². The van der Waals surface area contributed by atoms with Crippen LogP contribution in [-0.4, -0.2) is 52.2 Å². The van der Waals surface area contributed by atoms with E-state index in [4.69, 9.17) is 4.42 Å². The van der Waals surface area contributed by atoms with Crippen LogP contribution in [0, 0.1) is 0 Å². The molecule has 0 saturated carbocycles. The molecule has 1 aliphatic heterocycles. The Balaban J connectivity index is 1.49. The Bertz CT molecular complexity index is 1040. The molecule has 8 nitrogen and oxygen atoms in total. The summed E-state index contributed by atoms with van der Waals surface area (Å²) in [7, 11) is 1.55. The monoisotopic (exact) mass is 396 g/mol. The molecule has 142 valence electrons. The van der Waals surface area contributed by atoms with Gasteiger partial charge >= 0.3 is 0 Å². The number of hydrogen-bond donors (Lipinski definition) is 1. The Kier molecular flexibility index (Phi) is 4.82. The van der Waals surface area contributed by atoms with Crippen LogP contribution in [0.4, 0.5) is 0 Å². The van der Waals surface area contributed by atoms with Crippen LogP contribution in [0.15, 0.2) is 46.0 Å². The van der Waals surface area contributed by atoms with Gasteiger partial charge in [-0.25, -0.2) is 0 Å². The molecule has 3 aromatic rings. The van der Waals surface area contributed by atoms with Gasteiger partial charge in [0.25, 0.3) is 17.0 Å². The number of carbonyl (C=O) groups excluding carboxylic acids is 3. The van der Waals surface area contributed by atoms with E-state index in [-0.39, 0.29) is 41.7 Å². The van der Waals surface area contributed by atoms with Crippen molar-refractivity contribution in [2.24, 2.45) is 0 Å². The van der Waals surface area contributed by atoms with Gasteiger partial charge in [0, 0.05) is 36.5 Å². The van der Waals surface area contributed by atoms with Crippen molar-refractivity contribution in [2.75, 3.05) is 19.3 Å². The minimum absolute atomic E-state index is 0.129. The predicted molar refractivity (Wildman–Crippen MR) is 102 cm³/mol. The number of benzene rings is 2. The number of amides is 3. The highest BCUT2D eigenvalue weighted by Crippen LogP contribution is 2.30. The molecule has 0 aliphatic carbocycles. The van der Waals surface area contributed by atoms with Gasteiger partial charge in [-0.15, -0.1) is 10.2 Å². The molecule has 0 fully saturated rings. The lowest BCUT2D eigenvalue weighted by atomic mass is 9.94. The molecule has 28 heavy (non-hydrogen) atoms. The molecule has 2 aromatic carbocycles. The van der Waals surface area contributed by atoms with E-state index in [9.17, 15) is 14.4 Å². The molecule has 2 heterocycles. The maximum Gasteiger partial charge on any atom is 0.277 e. The van der Waals surface area contributed by atoms with Crippen LogP contribution in [0.2, 0.25) is 0 Å². The van der Waals surface area contributed by atoms with Crippen molar-refractivity contribution >= 4 is 40.3 Å². The summed E-state index contributed by atoms with van der Waals surface area (Å²) in [4.78, 5) is 38.2. The largest absolute Gasteiger partial charge is 0.416 e. The lowest BCUT2D eigenvalue weighted by Crippen LogP contribution is -2.41. The predicted octanol–water partition coefficient (Wildman–Crippen LogP) is 1.90. The van der Waals surface area contributed by atoms with E-state index < -0.39 is 0 Å². The second-order valence-electron chi connectivity index (χ2n) is 6.14. The van der Waals surface area contributed by atoms with Crippen LogP contribution in [-0.2, 0) is 11.2 Å². The summed E-state index contributed by atoms with van der Waals surface area (Å²) in [5.41, 5.74) is 1.03. The van der Waals surface area contributed by atoms with E-state index in [1.165, 1.54) is 4.90 Å². The van der Waals surface area contributed by atoms with Crippen LogP contribution >= 0.6 is 11.8 Å². The summed E-state index contributed by atoms with van der Waals surface area (Å²) < 4.78 is 5.48. The standard InChI is InChI=1S/C19H16N4O4S/c1-20-14(24)10-28-19-22-21-15(27-19)8-9-23-17(25)12-6-2-4-11-5-3-7-13(16(11)12)18(23)26/h2-7H,8-10H2,1H3,(H,20,24). The average molecular weight is 396 g/mol. The van der Waals surface area contributed by atoms with Crippen molar-refractivity contribution in [1.29, 1.82) is 0 Å². The van der Waals surface area contributed by atoms with Crippen molar-refractivity contribution < 1.29 is 18.8 Å². The molecule has 1 aromatic heterocycles. The summed E-state index contributed by atoms with van der Waals surface area (Å²) in [6.45, 7) is 0.129. The molecule has 1 aliphatic rings. The Morgan fingerprint density at radius 2 is 1.79 bits per heavy atom. The topological polar surface area (TPSA) is 105 Å². The number of nitrogens with zero attached hydrogens (tertiary/aromatic N) is 3. The van der Waals surface area contributed by atoms with Crippen molar-refractivity contribution in [3.05, 3.63) is 53.4 Å². The number of rotatable bonds is 6.